The summed E-state index contributed by atoms with van der Waals surface area (Å²) in [4.78, 5) is 28.3. The number of benzene rings is 2. The first-order valence-corrected chi connectivity index (χ1v) is 9.48. The molecule has 0 atom stereocenters. The number of pyridine rings is 2. The molecule has 6 heteroatoms. The number of ether oxygens (including phenoxy) is 1. The van der Waals surface area contributed by atoms with E-state index >= 15 is 0 Å². The van der Waals surface area contributed by atoms with Crippen molar-refractivity contribution in [2.24, 2.45) is 0 Å². The Morgan fingerprint density at radius 3 is 2.39 bits per heavy atom. The second-order valence-electron chi connectivity index (χ2n) is 6.91. The summed E-state index contributed by atoms with van der Waals surface area (Å²) in [6.45, 7) is 0.254. The van der Waals surface area contributed by atoms with Crippen LogP contribution in [0.1, 0.15) is 21.6 Å². The normalized spacial score (nSPS) is 10.6. The summed E-state index contributed by atoms with van der Waals surface area (Å²) in [7, 11) is 1.19. The minimum Gasteiger partial charge on any atom is -0.505 e. The van der Waals surface area contributed by atoms with E-state index in [0.717, 1.165) is 5.56 Å². The van der Waals surface area contributed by atoms with E-state index < -0.39 is 5.97 Å². The van der Waals surface area contributed by atoms with Crippen LogP contribution in [-0.4, -0.2) is 27.7 Å². The highest BCUT2D eigenvalue weighted by Crippen LogP contribution is 2.32. The minimum atomic E-state index is -0.775. The van der Waals surface area contributed by atoms with Crippen LogP contribution in [-0.2, 0) is 11.3 Å². The van der Waals surface area contributed by atoms with Crippen LogP contribution in [0, 0.1) is 12.3 Å². The Morgan fingerprint density at radius 2 is 1.84 bits per heavy atom. The van der Waals surface area contributed by atoms with E-state index in [1.165, 1.54) is 35.1 Å². The number of nitrogens with zero attached hydrogens (tertiary/aromatic N) is 2. The number of carbonyl (C=O) groups is 1. The summed E-state index contributed by atoms with van der Waals surface area (Å²) in [5.41, 5.74) is 3.59. The molecule has 0 spiro atoms. The van der Waals surface area contributed by atoms with Crippen molar-refractivity contribution in [3.63, 3.8) is 0 Å². The highest BCUT2D eigenvalue weighted by molar-refractivity contribution is 5.98. The van der Waals surface area contributed by atoms with Crippen LogP contribution in [0.4, 0.5) is 0 Å². The number of esters is 1. The van der Waals surface area contributed by atoms with Crippen molar-refractivity contribution in [1.82, 2.24) is 9.55 Å². The van der Waals surface area contributed by atoms with Crippen LogP contribution >= 0.6 is 0 Å². The molecular weight excluding hydrogens is 392 g/mol. The lowest BCUT2D eigenvalue weighted by Gasteiger charge is -2.13. The molecule has 152 valence electrons. The van der Waals surface area contributed by atoms with Crippen LogP contribution in [0.15, 0.2) is 71.7 Å². The lowest BCUT2D eigenvalue weighted by atomic mass is 10.1. The fraction of sp³-hybridized carbons (Fsp3) is 0.0800. The highest BCUT2D eigenvalue weighted by atomic mass is 16.5. The topological polar surface area (TPSA) is 81.4 Å². The molecule has 0 bridgehead atoms. The van der Waals surface area contributed by atoms with Gasteiger partial charge in [0.25, 0.3) is 5.56 Å². The molecule has 0 saturated heterocycles. The van der Waals surface area contributed by atoms with Crippen molar-refractivity contribution in [1.29, 1.82) is 0 Å². The zero-order valence-corrected chi connectivity index (χ0v) is 16.7. The van der Waals surface area contributed by atoms with Crippen LogP contribution < -0.4 is 5.56 Å². The summed E-state index contributed by atoms with van der Waals surface area (Å²) >= 11 is 0. The average Bonchev–Trinajstić information content (AvgIpc) is 3.40. The van der Waals surface area contributed by atoms with Gasteiger partial charge in [-0.2, -0.15) is 0 Å². The maximum atomic E-state index is 12.6. The molecule has 5 rings (SSSR count). The van der Waals surface area contributed by atoms with E-state index in [1.807, 2.05) is 30.3 Å². The zero-order chi connectivity index (χ0) is 22.0. The molecule has 0 saturated carbocycles. The Balaban J connectivity index is 0.000000325. The predicted octanol–water partition coefficient (Wildman–Crippen LogP) is 3.59. The van der Waals surface area contributed by atoms with Gasteiger partial charge >= 0.3 is 5.97 Å². The third-order valence-electron chi connectivity index (χ3n) is 4.96. The molecule has 0 amide bonds. The van der Waals surface area contributed by atoms with Crippen molar-refractivity contribution < 1.29 is 14.6 Å². The van der Waals surface area contributed by atoms with E-state index in [1.54, 1.807) is 0 Å². The molecule has 31 heavy (non-hydrogen) atoms. The summed E-state index contributed by atoms with van der Waals surface area (Å²) in [6, 6.07) is 19.2. The third kappa shape index (κ3) is 3.89. The number of aromatic nitrogens is 2. The van der Waals surface area contributed by atoms with E-state index in [2.05, 4.69) is 39.9 Å². The lowest BCUT2D eigenvalue weighted by molar-refractivity contribution is 0.0591. The van der Waals surface area contributed by atoms with Crippen LogP contribution in [0.2, 0.25) is 0 Å². The SMILES string of the molecule is C#Cc1cc2c(O)c(C(=O)OC)ncc2n(Cc2ccccc2)c1=O.c1cc2cc-2c1. The van der Waals surface area contributed by atoms with Gasteiger partial charge < -0.3 is 14.4 Å². The molecular formula is C25H18N2O4. The molecule has 6 nitrogen and oxygen atoms in total. The Kier molecular flexibility index (Phi) is 5.25. The number of carbonyl (C=O) groups excluding carboxylic acids is 1. The van der Waals surface area contributed by atoms with Crippen molar-refractivity contribution in [2.45, 2.75) is 6.54 Å². The molecule has 0 fully saturated rings. The Bertz CT molecular complexity index is 1380. The van der Waals surface area contributed by atoms with E-state index in [0.29, 0.717) is 5.52 Å². The zero-order valence-electron chi connectivity index (χ0n) is 16.7. The molecule has 1 aromatic carbocycles. The smallest absolute Gasteiger partial charge is 0.360 e. The summed E-state index contributed by atoms with van der Waals surface area (Å²) in [5, 5.41) is 10.7. The van der Waals surface area contributed by atoms with Gasteiger partial charge in [0.2, 0.25) is 0 Å². The van der Waals surface area contributed by atoms with Crippen molar-refractivity contribution >= 4 is 16.9 Å². The molecule has 3 aromatic rings. The Hall–Kier alpha value is -4.37. The van der Waals surface area contributed by atoms with Crippen LogP contribution in [0.3, 0.4) is 0 Å². The first-order chi connectivity index (χ1) is 15.0. The van der Waals surface area contributed by atoms with Crippen LogP contribution in [0.5, 0.6) is 5.75 Å². The molecule has 1 N–H and O–H groups in total. The number of fused-ring (bicyclic) bond motifs is 2. The second kappa shape index (κ2) is 8.17. The van der Waals surface area contributed by atoms with Gasteiger partial charge in [0.1, 0.15) is 0 Å². The first-order valence-electron chi connectivity index (χ1n) is 9.48. The standard InChI is InChI=1S/C19H14N2O4.C6H4/c1-3-13-9-14-15(10-20-16(17(14)22)19(24)25-2)21(18(13)23)11-12-7-5-4-6-8-12;1-2-5-4-6(5)3-1/h1,4-10,22H,11H2,2H3;1-4H. The van der Waals surface area contributed by atoms with Gasteiger partial charge in [0.15, 0.2) is 11.4 Å². The minimum absolute atomic E-state index is 0.0840. The van der Waals surface area contributed by atoms with Gasteiger partial charge in [-0.1, -0.05) is 54.5 Å². The quantitative estimate of drug-likeness (QED) is 0.363. The molecule has 0 aliphatic heterocycles. The predicted molar refractivity (Wildman–Crippen MR) is 118 cm³/mol. The van der Waals surface area contributed by atoms with E-state index in [4.69, 9.17) is 6.42 Å². The van der Waals surface area contributed by atoms with Gasteiger partial charge in [-0.15, -0.1) is 6.42 Å². The number of hydrogen-bond donors (Lipinski definition) is 1. The molecule has 0 radical (unpaired) electrons. The van der Waals surface area contributed by atoms with Gasteiger partial charge in [0.05, 0.1) is 30.9 Å². The molecule has 0 unspecified atom stereocenters. The first kappa shape index (κ1) is 19.9. The third-order valence-corrected chi connectivity index (χ3v) is 4.96. The molecule has 2 heterocycles. The number of aromatic hydroxyl groups is 1. The summed E-state index contributed by atoms with van der Waals surface area (Å²) in [5.74, 6) is 1.17. The average molecular weight is 410 g/mol. The van der Waals surface area contributed by atoms with Gasteiger partial charge in [0, 0.05) is 5.39 Å². The fourth-order valence-corrected chi connectivity index (χ4v) is 3.27. The van der Waals surface area contributed by atoms with Crippen molar-refractivity contribution in [3.8, 4) is 29.2 Å². The van der Waals surface area contributed by atoms with Crippen molar-refractivity contribution in [3.05, 3.63) is 94.0 Å². The lowest BCUT2D eigenvalue weighted by Crippen LogP contribution is -2.24. The monoisotopic (exact) mass is 410 g/mol. The Labute approximate surface area is 178 Å². The number of rotatable bonds is 3. The second-order valence-corrected chi connectivity index (χ2v) is 6.91. The van der Waals surface area contributed by atoms with Gasteiger partial charge in [-0.25, -0.2) is 9.78 Å². The number of terminal acetylenes is 1. The Morgan fingerprint density at radius 1 is 1.13 bits per heavy atom. The van der Waals surface area contributed by atoms with E-state index in [9.17, 15) is 14.7 Å². The maximum absolute atomic E-state index is 12.6. The fourth-order valence-electron chi connectivity index (χ4n) is 3.27. The number of hydrogen-bond acceptors (Lipinski definition) is 5. The molecule has 2 aromatic heterocycles. The largest absolute Gasteiger partial charge is 0.505 e. The van der Waals surface area contributed by atoms with Gasteiger partial charge in [-0.05, 0) is 28.8 Å². The molecule has 2 aliphatic rings. The van der Waals surface area contributed by atoms with Crippen LogP contribution in [0.25, 0.3) is 22.0 Å². The summed E-state index contributed by atoms with van der Waals surface area (Å²) in [6.07, 6.45) is 6.78. The summed E-state index contributed by atoms with van der Waals surface area (Å²) < 4.78 is 6.03. The number of methoxy groups -OCH3 is 1. The van der Waals surface area contributed by atoms with Crippen molar-refractivity contribution in [2.75, 3.05) is 7.11 Å². The molecule has 2 aliphatic carbocycles. The van der Waals surface area contributed by atoms with E-state index in [-0.39, 0.29) is 34.5 Å². The highest BCUT2D eigenvalue weighted by Gasteiger charge is 2.19. The van der Waals surface area contributed by atoms with Gasteiger partial charge in [-0.3, -0.25) is 4.79 Å². The maximum Gasteiger partial charge on any atom is 0.360 e.